The summed E-state index contributed by atoms with van der Waals surface area (Å²) in [5.74, 6) is 1.72. The highest BCUT2D eigenvalue weighted by atomic mass is 16.5. The fourth-order valence-electron chi connectivity index (χ4n) is 2.36. The molecule has 1 unspecified atom stereocenters. The van der Waals surface area contributed by atoms with Gasteiger partial charge in [-0.05, 0) is 30.7 Å². The fourth-order valence-corrected chi connectivity index (χ4v) is 2.36. The van der Waals surface area contributed by atoms with Crippen LogP contribution in [0.5, 0.6) is 5.75 Å². The summed E-state index contributed by atoms with van der Waals surface area (Å²) >= 11 is 0. The third kappa shape index (κ3) is 4.33. The van der Waals surface area contributed by atoms with Crippen LogP contribution in [0.15, 0.2) is 30.5 Å². The molecular formula is C17H25N3O. The van der Waals surface area contributed by atoms with Crippen molar-refractivity contribution in [2.45, 2.75) is 45.1 Å². The van der Waals surface area contributed by atoms with Crippen LogP contribution in [0.1, 0.15) is 50.9 Å². The van der Waals surface area contributed by atoms with Crippen LogP contribution in [0.2, 0.25) is 0 Å². The van der Waals surface area contributed by atoms with Gasteiger partial charge in [-0.15, -0.1) is 0 Å². The summed E-state index contributed by atoms with van der Waals surface area (Å²) in [6, 6.07) is 7.88. The van der Waals surface area contributed by atoms with Gasteiger partial charge >= 0.3 is 0 Å². The summed E-state index contributed by atoms with van der Waals surface area (Å²) < 4.78 is 5.16. The van der Waals surface area contributed by atoms with Gasteiger partial charge in [-0.3, -0.25) is 0 Å². The second-order valence-corrected chi connectivity index (χ2v) is 5.36. The number of aromatic nitrogens is 2. The average Bonchev–Trinajstić information content (AvgIpc) is 3.01. The first-order chi connectivity index (χ1) is 10.2. The van der Waals surface area contributed by atoms with Crippen LogP contribution < -0.4 is 10.5 Å². The number of rotatable bonds is 8. The molecule has 0 bridgehead atoms. The Morgan fingerprint density at radius 1 is 1.19 bits per heavy atom. The lowest BCUT2D eigenvalue weighted by molar-refractivity contribution is 0.415. The number of unbranched alkanes of at least 4 members (excludes halogenated alkanes) is 3. The number of hydrogen-bond acceptors (Lipinski definition) is 3. The molecule has 1 atom stereocenters. The minimum Gasteiger partial charge on any atom is -0.497 e. The van der Waals surface area contributed by atoms with Crippen molar-refractivity contribution in [2.24, 2.45) is 5.73 Å². The number of hydrogen-bond donors (Lipinski definition) is 2. The van der Waals surface area contributed by atoms with Crippen LogP contribution in [0, 0.1) is 0 Å². The first-order valence-electron chi connectivity index (χ1n) is 7.70. The number of nitrogens with zero attached hydrogens (tertiary/aromatic N) is 1. The van der Waals surface area contributed by atoms with Crippen LogP contribution in [0.3, 0.4) is 0 Å². The largest absolute Gasteiger partial charge is 0.497 e. The number of H-pyrrole nitrogens is 1. The molecule has 1 aromatic heterocycles. The topological polar surface area (TPSA) is 63.9 Å². The summed E-state index contributed by atoms with van der Waals surface area (Å²) in [5.41, 5.74) is 8.19. The summed E-state index contributed by atoms with van der Waals surface area (Å²) in [6.07, 6.45) is 7.84. The number of nitrogens with one attached hydrogen (secondary N) is 1. The molecule has 2 rings (SSSR count). The minimum atomic E-state index is -0.00569. The molecule has 21 heavy (non-hydrogen) atoms. The van der Waals surface area contributed by atoms with Gasteiger partial charge in [-0.2, -0.15) is 0 Å². The normalized spacial score (nSPS) is 12.3. The van der Waals surface area contributed by atoms with Crippen molar-refractivity contribution < 1.29 is 4.74 Å². The lowest BCUT2D eigenvalue weighted by Gasteiger charge is -2.08. The Morgan fingerprint density at radius 2 is 1.95 bits per heavy atom. The van der Waals surface area contributed by atoms with E-state index in [0.717, 1.165) is 35.7 Å². The van der Waals surface area contributed by atoms with E-state index in [0.29, 0.717) is 0 Å². The van der Waals surface area contributed by atoms with Crippen molar-refractivity contribution >= 4 is 0 Å². The van der Waals surface area contributed by atoms with Gasteiger partial charge in [-0.25, -0.2) is 4.98 Å². The molecule has 3 N–H and O–H groups in total. The number of imidazole rings is 1. The van der Waals surface area contributed by atoms with Gasteiger partial charge in [0.25, 0.3) is 0 Å². The van der Waals surface area contributed by atoms with Crippen molar-refractivity contribution in [2.75, 3.05) is 7.11 Å². The number of ether oxygens (including phenoxy) is 1. The maximum Gasteiger partial charge on any atom is 0.123 e. The zero-order chi connectivity index (χ0) is 15.1. The van der Waals surface area contributed by atoms with Gasteiger partial charge in [0.2, 0.25) is 0 Å². The van der Waals surface area contributed by atoms with E-state index in [4.69, 9.17) is 10.5 Å². The van der Waals surface area contributed by atoms with Crippen LogP contribution in [0.25, 0.3) is 11.3 Å². The van der Waals surface area contributed by atoms with Gasteiger partial charge in [0.05, 0.1) is 18.8 Å². The van der Waals surface area contributed by atoms with Crippen molar-refractivity contribution in [1.29, 1.82) is 0 Å². The summed E-state index contributed by atoms with van der Waals surface area (Å²) in [5, 5.41) is 0. The zero-order valence-electron chi connectivity index (χ0n) is 12.9. The summed E-state index contributed by atoms with van der Waals surface area (Å²) in [7, 11) is 1.67. The highest BCUT2D eigenvalue weighted by Gasteiger charge is 2.11. The lowest BCUT2D eigenvalue weighted by Crippen LogP contribution is -2.11. The quantitative estimate of drug-likeness (QED) is 0.720. The van der Waals surface area contributed by atoms with E-state index < -0.39 is 0 Å². The predicted octanol–water partition coefficient (Wildman–Crippen LogP) is 4.06. The molecule has 0 amide bonds. The van der Waals surface area contributed by atoms with Crippen LogP contribution >= 0.6 is 0 Å². The molecule has 114 valence electrons. The molecule has 1 heterocycles. The molecule has 0 aliphatic carbocycles. The molecule has 0 aliphatic rings. The molecule has 2 aromatic rings. The van der Waals surface area contributed by atoms with Crippen LogP contribution in [-0.2, 0) is 0 Å². The maximum atomic E-state index is 6.20. The number of aromatic amines is 1. The van der Waals surface area contributed by atoms with Gasteiger partial charge in [0.15, 0.2) is 0 Å². The third-order valence-corrected chi connectivity index (χ3v) is 3.70. The van der Waals surface area contributed by atoms with E-state index in [1.165, 1.54) is 19.3 Å². The number of benzene rings is 1. The standard InChI is InChI=1S/C17H25N3O/c1-3-4-5-6-7-15(18)17-19-12-16(20-17)13-8-10-14(21-2)11-9-13/h8-12,15H,3-7,18H2,1-2H3,(H,19,20). The van der Waals surface area contributed by atoms with E-state index >= 15 is 0 Å². The highest BCUT2D eigenvalue weighted by molar-refractivity contribution is 5.59. The fraction of sp³-hybridized carbons (Fsp3) is 0.471. The molecule has 0 aliphatic heterocycles. The molecule has 0 saturated carbocycles. The smallest absolute Gasteiger partial charge is 0.123 e. The minimum absolute atomic E-state index is 0.00569. The Balaban J connectivity index is 1.96. The van der Waals surface area contributed by atoms with Crippen LogP contribution in [0.4, 0.5) is 0 Å². The third-order valence-electron chi connectivity index (χ3n) is 3.70. The molecule has 0 radical (unpaired) electrons. The van der Waals surface area contributed by atoms with E-state index in [9.17, 15) is 0 Å². The molecule has 4 nitrogen and oxygen atoms in total. The van der Waals surface area contributed by atoms with Crippen molar-refractivity contribution in [1.82, 2.24) is 9.97 Å². The second-order valence-electron chi connectivity index (χ2n) is 5.36. The monoisotopic (exact) mass is 287 g/mol. The number of methoxy groups -OCH3 is 1. The Labute approximate surface area is 126 Å². The molecule has 0 saturated heterocycles. The van der Waals surface area contributed by atoms with E-state index in [2.05, 4.69) is 16.9 Å². The van der Waals surface area contributed by atoms with Crippen molar-refractivity contribution in [3.05, 3.63) is 36.3 Å². The Morgan fingerprint density at radius 3 is 2.62 bits per heavy atom. The first kappa shape index (κ1) is 15.6. The van der Waals surface area contributed by atoms with Gasteiger partial charge < -0.3 is 15.5 Å². The van der Waals surface area contributed by atoms with Crippen LogP contribution in [-0.4, -0.2) is 17.1 Å². The average molecular weight is 287 g/mol. The Bertz CT molecular complexity index is 533. The Kier molecular flexibility index (Phi) is 5.81. The molecule has 0 fully saturated rings. The summed E-state index contributed by atoms with van der Waals surface area (Å²) in [4.78, 5) is 7.82. The maximum absolute atomic E-state index is 6.20. The summed E-state index contributed by atoms with van der Waals surface area (Å²) in [6.45, 7) is 2.22. The highest BCUT2D eigenvalue weighted by Crippen LogP contribution is 2.23. The SMILES string of the molecule is CCCCCCC(N)c1nc(-c2ccc(OC)cc2)c[nH]1. The van der Waals surface area contributed by atoms with E-state index in [1.54, 1.807) is 7.11 Å². The second kappa shape index (κ2) is 7.84. The molecule has 1 aromatic carbocycles. The van der Waals surface area contributed by atoms with Crippen molar-refractivity contribution in [3.8, 4) is 17.0 Å². The lowest BCUT2D eigenvalue weighted by atomic mass is 10.1. The van der Waals surface area contributed by atoms with Gasteiger partial charge in [-0.1, -0.05) is 32.6 Å². The predicted molar refractivity (Wildman–Crippen MR) is 86.3 cm³/mol. The zero-order valence-corrected chi connectivity index (χ0v) is 12.9. The van der Waals surface area contributed by atoms with E-state index in [-0.39, 0.29) is 6.04 Å². The van der Waals surface area contributed by atoms with Crippen molar-refractivity contribution in [3.63, 3.8) is 0 Å². The molecular weight excluding hydrogens is 262 g/mol. The van der Waals surface area contributed by atoms with Gasteiger partial charge in [0.1, 0.15) is 11.6 Å². The van der Waals surface area contributed by atoms with Gasteiger partial charge in [0, 0.05) is 11.8 Å². The van der Waals surface area contributed by atoms with E-state index in [1.807, 2.05) is 30.5 Å². The Hall–Kier alpha value is -1.81. The molecule has 0 spiro atoms. The number of nitrogens with two attached hydrogens (primary N) is 1. The first-order valence-corrected chi connectivity index (χ1v) is 7.70. The molecule has 4 heteroatoms.